The normalized spacial score (nSPS) is 18.4. The predicted octanol–water partition coefficient (Wildman–Crippen LogP) is 4.68. The third kappa shape index (κ3) is 4.83. The first-order valence-electron chi connectivity index (χ1n) is 10.4. The number of carbonyl (C=O) groups is 2. The van der Waals surface area contributed by atoms with Crippen molar-refractivity contribution in [1.82, 2.24) is 4.90 Å². The van der Waals surface area contributed by atoms with Gasteiger partial charge in [-0.1, -0.05) is 55.3 Å². The van der Waals surface area contributed by atoms with E-state index in [0.717, 1.165) is 53.9 Å². The van der Waals surface area contributed by atoms with Crippen LogP contribution < -0.4 is 5.32 Å². The van der Waals surface area contributed by atoms with Crippen LogP contribution >= 0.6 is 0 Å². The zero-order valence-corrected chi connectivity index (χ0v) is 16.6. The van der Waals surface area contributed by atoms with Crippen molar-refractivity contribution in [1.29, 1.82) is 0 Å². The maximum Gasteiger partial charge on any atom is 0.251 e. The monoisotopic (exact) mass is 386 g/mol. The van der Waals surface area contributed by atoms with Gasteiger partial charge < -0.3 is 10.2 Å². The number of nitrogens with zero attached hydrogens (tertiary/aromatic N) is 1. The topological polar surface area (TPSA) is 49.4 Å². The molecule has 29 heavy (non-hydrogen) atoms. The molecule has 2 heterocycles. The van der Waals surface area contributed by atoms with E-state index in [4.69, 9.17) is 0 Å². The number of carbonyl (C=O) groups excluding carboxylic acids is 2. The lowest BCUT2D eigenvalue weighted by Crippen LogP contribution is -2.30. The number of likely N-dealkylation sites (tertiary alicyclic amines) is 1. The molecule has 1 N–H and O–H groups in total. The summed E-state index contributed by atoms with van der Waals surface area (Å²) in [6.07, 6.45) is 10.7. The zero-order chi connectivity index (χ0) is 20.1. The average Bonchev–Trinajstić information content (AvgIpc) is 3.03. The highest BCUT2D eigenvalue weighted by Crippen LogP contribution is 2.26. The summed E-state index contributed by atoms with van der Waals surface area (Å²) in [7, 11) is 0. The molecule has 0 atom stereocenters. The number of para-hydroxylation sites is 1. The van der Waals surface area contributed by atoms with Crippen molar-refractivity contribution in [3.63, 3.8) is 0 Å². The molecule has 0 saturated carbocycles. The Kier molecular flexibility index (Phi) is 5.89. The van der Waals surface area contributed by atoms with E-state index in [1.807, 2.05) is 65.6 Å². The second-order valence-electron chi connectivity index (χ2n) is 7.70. The lowest BCUT2D eigenvalue weighted by molar-refractivity contribution is -0.125. The summed E-state index contributed by atoms with van der Waals surface area (Å²) in [5, 5.41) is 2.95. The van der Waals surface area contributed by atoms with Crippen LogP contribution in [0, 0.1) is 0 Å². The second kappa shape index (κ2) is 8.91. The molecule has 148 valence electrons. The van der Waals surface area contributed by atoms with Crippen LogP contribution in [-0.2, 0) is 16.0 Å². The van der Waals surface area contributed by atoms with Crippen LogP contribution in [0.25, 0.3) is 12.2 Å². The third-order valence-corrected chi connectivity index (χ3v) is 5.55. The van der Waals surface area contributed by atoms with E-state index in [1.54, 1.807) is 6.08 Å². The van der Waals surface area contributed by atoms with Crippen molar-refractivity contribution in [2.45, 2.75) is 32.1 Å². The van der Waals surface area contributed by atoms with Gasteiger partial charge in [0.25, 0.3) is 5.91 Å². The highest BCUT2D eigenvalue weighted by Gasteiger charge is 2.19. The SMILES string of the molecule is O=C1Nc2ccccc2CC1=Cc1ccc(/C=C/C(=O)N2CCCCCC2)cc1. The van der Waals surface area contributed by atoms with Crippen molar-refractivity contribution >= 4 is 29.7 Å². The van der Waals surface area contributed by atoms with Gasteiger partial charge in [-0.2, -0.15) is 0 Å². The molecule has 1 saturated heterocycles. The van der Waals surface area contributed by atoms with Crippen LogP contribution in [-0.4, -0.2) is 29.8 Å². The molecule has 4 heteroatoms. The summed E-state index contributed by atoms with van der Waals surface area (Å²) < 4.78 is 0. The molecule has 2 amide bonds. The molecule has 0 unspecified atom stereocenters. The van der Waals surface area contributed by atoms with Gasteiger partial charge in [-0.05, 0) is 47.8 Å². The number of hydrogen-bond acceptors (Lipinski definition) is 2. The van der Waals surface area contributed by atoms with E-state index >= 15 is 0 Å². The van der Waals surface area contributed by atoms with Crippen LogP contribution in [0.2, 0.25) is 0 Å². The van der Waals surface area contributed by atoms with Crippen molar-refractivity contribution in [2.75, 3.05) is 18.4 Å². The maximum absolute atomic E-state index is 12.4. The summed E-state index contributed by atoms with van der Waals surface area (Å²) in [5.74, 6) is 0.0476. The van der Waals surface area contributed by atoms with Crippen LogP contribution in [0.3, 0.4) is 0 Å². The summed E-state index contributed by atoms with van der Waals surface area (Å²) in [5.41, 5.74) is 4.73. The highest BCUT2D eigenvalue weighted by atomic mass is 16.2. The molecule has 2 aromatic rings. The second-order valence-corrected chi connectivity index (χ2v) is 7.70. The number of rotatable bonds is 3. The molecular weight excluding hydrogens is 360 g/mol. The minimum atomic E-state index is -0.0456. The molecular formula is C25H26N2O2. The van der Waals surface area contributed by atoms with Crippen molar-refractivity contribution in [2.24, 2.45) is 0 Å². The number of hydrogen-bond donors (Lipinski definition) is 1. The Balaban J connectivity index is 1.42. The van der Waals surface area contributed by atoms with Gasteiger partial charge in [0.2, 0.25) is 5.91 Å². The van der Waals surface area contributed by atoms with Crippen LogP contribution in [0.4, 0.5) is 5.69 Å². The molecule has 1 fully saturated rings. The predicted molar refractivity (Wildman–Crippen MR) is 117 cm³/mol. The van der Waals surface area contributed by atoms with E-state index in [0.29, 0.717) is 6.42 Å². The van der Waals surface area contributed by atoms with Crippen molar-refractivity contribution in [3.05, 3.63) is 76.9 Å². The fourth-order valence-corrected chi connectivity index (χ4v) is 3.87. The third-order valence-electron chi connectivity index (χ3n) is 5.55. The summed E-state index contributed by atoms with van der Waals surface area (Å²) in [6.45, 7) is 1.72. The van der Waals surface area contributed by atoms with Gasteiger partial charge in [0.15, 0.2) is 0 Å². The Morgan fingerprint density at radius 1 is 0.897 bits per heavy atom. The molecule has 2 aliphatic heterocycles. The van der Waals surface area contributed by atoms with Gasteiger partial charge in [0.1, 0.15) is 0 Å². The molecule has 2 aliphatic rings. The lowest BCUT2D eigenvalue weighted by atomic mass is 9.96. The zero-order valence-electron chi connectivity index (χ0n) is 16.6. The van der Waals surface area contributed by atoms with Crippen molar-refractivity contribution < 1.29 is 9.59 Å². The first-order valence-corrected chi connectivity index (χ1v) is 10.4. The Labute approximate surface area is 171 Å². The fraction of sp³-hybridized carbons (Fsp3) is 0.280. The van der Waals surface area contributed by atoms with Gasteiger partial charge >= 0.3 is 0 Å². The number of benzene rings is 2. The molecule has 4 rings (SSSR count). The Hall–Kier alpha value is -3.14. The standard InChI is InChI=1S/C25H26N2O2/c28-24(27-15-5-1-2-6-16-27)14-13-19-9-11-20(12-10-19)17-22-18-21-7-3-4-8-23(21)26-25(22)29/h3-4,7-14,17H,1-2,5-6,15-16,18H2,(H,26,29)/b14-13+,22-17?. The highest BCUT2D eigenvalue weighted by molar-refractivity contribution is 6.09. The van der Waals surface area contributed by atoms with E-state index in [9.17, 15) is 9.59 Å². The number of amides is 2. The van der Waals surface area contributed by atoms with Crippen LogP contribution in [0.15, 0.2) is 60.2 Å². The Morgan fingerprint density at radius 3 is 2.34 bits per heavy atom. The average molecular weight is 386 g/mol. The Morgan fingerprint density at radius 2 is 1.59 bits per heavy atom. The minimum absolute atomic E-state index is 0.0456. The van der Waals surface area contributed by atoms with Gasteiger partial charge in [-0.25, -0.2) is 0 Å². The maximum atomic E-state index is 12.4. The summed E-state index contributed by atoms with van der Waals surface area (Å²) in [4.78, 5) is 26.7. The molecule has 0 radical (unpaired) electrons. The summed E-state index contributed by atoms with van der Waals surface area (Å²) >= 11 is 0. The van der Waals surface area contributed by atoms with Gasteiger partial charge in [-0.15, -0.1) is 0 Å². The number of anilines is 1. The molecule has 0 aliphatic carbocycles. The smallest absolute Gasteiger partial charge is 0.251 e. The fourth-order valence-electron chi connectivity index (χ4n) is 3.87. The minimum Gasteiger partial charge on any atom is -0.339 e. The number of fused-ring (bicyclic) bond motifs is 1. The van der Waals surface area contributed by atoms with Crippen molar-refractivity contribution in [3.8, 4) is 0 Å². The largest absolute Gasteiger partial charge is 0.339 e. The molecule has 0 spiro atoms. The molecule has 2 aromatic carbocycles. The van der Waals surface area contributed by atoms with Gasteiger partial charge in [0.05, 0.1) is 0 Å². The van der Waals surface area contributed by atoms with E-state index in [-0.39, 0.29) is 11.8 Å². The summed E-state index contributed by atoms with van der Waals surface area (Å²) in [6, 6.07) is 15.8. The van der Waals surface area contributed by atoms with E-state index in [1.165, 1.54) is 12.8 Å². The lowest BCUT2D eigenvalue weighted by Gasteiger charge is -2.19. The van der Waals surface area contributed by atoms with Crippen LogP contribution in [0.1, 0.15) is 42.4 Å². The van der Waals surface area contributed by atoms with E-state index in [2.05, 4.69) is 5.32 Å². The van der Waals surface area contributed by atoms with Gasteiger partial charge in [0, 0.05) is 36.8 Å². The first-order chi connectivity index (χ1) is 14.2. The molecule has 0 aromatic heterocycles. The molecule has 0 bridgehead atoms. The molecule has 4 nitrogen and oxygen atoms in total. The van der Waals surface area contributed by atoms with Gasteiger partial charge in [-0.3, -0.25) is 9.59 Å². The van der Waals surface area contributed by atoms with Crippen LogP contribution in [0.5, 0.6) is 0 Å². The number of nitrogens with one attached hydrogen (secondary N) is 1. The van der Waals surface area contributed by atoms with E-state index < -0.39 is 0 Å². The Bertz CT molecular complexity index is 949. The quantitative estimate of drug-likeness (QED) is 0.779. The first kappa shape index (κ1) is 19.2.